The van der Waals surface area contributed by atoms with Gasteiger partial charge in [0.05, 0.1) is 0 Å². The number of hydrogen-bond donors (Lipinski definition) is 0. The van der Waals surface area contributed by atoms with E-state index in [0.29, 0.717) is 5.25 Å². The van der Waals surface area contributed by atoms with Crippen LogP contribution in [0.2, 0.25) is 0 Å². The summed E-state index contributed by atoms with van der Waals surface area (Å²) in [5, 5.41) is 9.51. The number of methoxy groups -OCH3 is 1. The Morgan fingerprint density at radius 2 is 2.36 bits per heavy atom. The van der Waals surface area contributed by atoms with E-state index in [2.05, 4.69) is 28.6 Å². The summed E-state index contributed by atoms with van der Waals surface area (Å²) in [7, 11) is 1.72. The molecule has 0 atom stereocenters. The second-order valence-electron chi connectivity index (χ2n) is 3.32. The van der Waals surface area contributed by atoms with Crippen molar-refractivity contribution in [2.45, 2.75) is 37.2 Å². The Morgan fingerprint density at radius 1 is 1.57 bits per heavy atom. The van der Waals surface area contributed by atoms with E-state index in [1.807, 2.05) is 0 Å². The molecule has 0 amide bonds. The highest BCUT2D eigenvalue weighted by molar-refractivity contribution is 7.99. The zero-order valence-corrected chi connectivity index (χ0v) is 9.75. The second kappa shape index (κ2) is 6.03. The van der Waals surface area contributed by atoms with Crippen molar-refractivity contribution in [1.29, 1.82) is 0 Å². The molecular formula is C9H17N3OS. The van der Waals surface area contributed by atoms with Gasteiger partial charge in [-0.1, -0.05) is 25.6 Å². The van der Waals surface area contributed by atoms with Crippen LogP contribution in [0.1, 0.15) is 20.3 Å². The molecule has 0 aromatic carbocycles. The van der Waals surface area contributed by atoms with Crippen molar-refractivity contribution in [3.05, 3.63) is 6.33 Å². The molecule has 0 aliphatic heterocycles. The zero-order valence-electron chi connectivity index (χ0n) is 8.93. The van der Waals surface area contributed by atoms with Gasteiger partial charge in [0.25, 0.3) is 0 Å². The fraction of sp³-hybridized carbons (Fsp3) is 0.778. The van der Waals surface area contributed by atoms with Crippen LogP contribution in [0.3, 0.4) is 0 Å². The van der Waals surface area contributed by atoms with Gasteiger partial charge in [-0.15, -0.1) is 10.2 Å². The third-order valence-electron chi connectivity index (χ3n) is 1.67. The van der Waals surface area contributed by atoms with Crippen LogP contribution in [0.25, 0.3) is 0 Å². The van der Waals surface area contributed by atoms with E-state index in [4.69, 9.17) is 4.74 Å². The third-order valence-corrected chi connectivity index (χ3v) is 2.67. The van der Waals surface area contributed by atoms with Crippen molar-refractivity contribution in [2.75, 3.05) is 13.7 Å². The molecule has 80 valence electrons. The summed E-state index contributed by atoms with van der Waals surface area (Å²) in [6, 6.07) is 0. The maximum atomic E-state index is 5.00. The lowest BCUT2D eigenvalue weighted by Gasteiger charge is -2.06. The number of hydrogen-bond acceptors (Lipinski definition) is 4. The van der Waals surface area contributed by atoms with E-state index in [-0.39, 0.29) is 0 Å². The van der Waals surface area contributed by atoms with Crippen LogP contribution in [0.4, 0.5) is 0 Å². The van der Waals surface area contributed by atoms with Gasteiger partial charge in [0.15, 0.2) is 5.16 Å². The number of rotatable bonds is 6. The molecule has 14 heavy (non-hydrogen) atoms. The Morgan fingerprint density at radius 3 is 3.00 bits per heavy atom. The highest BCUT2D eigenvalue weighted by Crippen LogP contribution is 2.19. The molecule has 5 heteroatoms. The predicted molar refractivity (Wildman–Crippen MR) is 57.5 cm³/mol. The Balaban J connectivity index is 2.45. The molecule has 0 fully saturated rings. The van der Waals surface area contributed by atoms with Gasteiger partial charge in [0, 0.05) is 25.5 Å². The largest absolute Gasteiger partial charge is 0.385 e. The van der Waals surface area contributed by atoms with Gasteiger partial charge in [-0.25, -0.2) is 0 Å². The van der Waals surface area contributed by atoms with Gasteiger partial charge >= 0.3 is 0 Å². The van der Waals surface area contributed by atoms with Crippen molar-refractivity contribution < 1.29 is 4.74 Å². The first-order valence-corrected chi connectivity index (χ1v) is 5.65. The molecule has 0 aliphatic rings. The molecule has 0 radical (unpaired) electrons. The Labute approximate surface area is 89.0 Å². The predicted octanol–water partition coefficient (Wildman–Crippen LogP) is 1.82. The quantitative estimate of drug-likeness (QED) is 0.536. The van der Waals surface area contributed by atoms with E-state index in [1.165, 1.54) is 0 Å². The molecule has 1 aromatic heterocycles. The molecule has 4 nitrogen and oxygen atoms in total. The van der Waals surface area contributed by atoms with Gasteiger partial charge in [0.1, 0.15) is 6.33 Å². The lowest BCUT2D eigenvalue weighted by atomic mass is 10.4. The van der Waals surface area contributed by atoms with E-state index < -0.39 is 0 Å². The van der Waals surface area contributed by atoms with E-state index in [9.17, 15) is 0 Å². The maximum absolute atomic E-state index is 5.00. The highest BCUT2D eigenvalue weighted by Gasteiger charge is 2.06. The molecular weight excluding hydrogens is 198 g/mol. The van der Waals surface area contributed by atoms with Gasteiger partial charge in [-0.3, -0.25) is 0 Å². The average molecular weight is 215 g/mol. The Hall–Kier alpha value is -0.550. The Kier molecular flexibility index (Phi) is 4.97. The van der Waals surface area contributed by atoms with E-state index in [1.54, 1.807) is 25.2 Å². The first kappa shape index (κ1) is 11.5. The van der Waals surface area contributed by atoms with Crippen LogP contribution in [0.5, 0.6) is 0 Å². The molecule has 0 N–H and O–H groups in total. The summed E-state index contributed by atoms with van der Waals surface area (Å²) >= 11 is 1.74. The zero-order chi connectivity index (χ0) is 10.4. The summed E-state index contributed by atoms with van der Waals surface area (Å²) in [4.78, 5) is 0. The van der Waals surface area contributed by atoms with Crippen LogP contribution < -0.4 is 0 Å². The molecule has 0 aliphatic carbocycles. The second-order valence-corrected chi connectivity index (χ2v) is 4.86. The maximum Gasteiger partial charge on any atom is 0.191 e. The minimum absolute atomic E-state index is 0.542. The number of aryl methyl sites for hydroxylation is 1. The molecule has 0 spiro atoms. The van der Waals surface area contributed by atoms with Crippen LogP contribution in [0.15, 0.2) is 11.5 Å². The van der Waals surface area contributed by atoms with Crippen LogP contribution in [-0.4, -0.2) is 33.7 Å². The van der Waals surface area contributed by atoms with Gasteiger partial charge in [0.2, 0.25) is 0 Å². The van der Waals surface area contributed by atoms with Gasteiger partial charge in [-0.05, 0) is 6.42 Å². The van der Waals surface area contributed by atoms with Gasteiger partial charge < -0.3 is 9.30 Å². The van der Waals surface area contributed by atoms with Crippen molar-refractivity contribution in [1.82, 2.24) is 14.8 Å². The molecule has 1 aromatic rings. The summed E-state index contributed by atoms with van der Waals surface area (Å²) < 4.78 is 7.07. The number of nitrogens with zero attached hydrogens (tertiary/aromatic N) is 3. The summed E-state index contributed by atoms with van der Waals surface area (Å²) in [5.74, 6) is 0. The normalized spacial score (nSPS) is 11.1. The molecule has 0 saturated heterocycles. The lowest BCUT2D eigenvalue weighted by molar-refractivity contribution is 0.189. The van der Waals surface area contributed by atoms with Crippen molar-refractivity contribution in [3.63, 3.8) is 0 Å². The van der Waals surface area contributed by atoms with Crippen molar-refractivity contribution >= 4 is 11.8 Å². The van der Waals surface area contributed by atoms with Crippen molar-refractivity contribution in [3.8, 4) is 0 Å². The third kappa shape index (κ3) is 3.67. The van der Waals surface area contributed by atoms with Crippen LogP contribution >= 0.6 is 11.8 Å². The smallest absolute Gasteiger partial charge is 0.191 e. The average Bonchev–Trinajstić information content (AvgIpc) is 2.52. The summed E-state index contributed by atoms with van der Waals surface area (Å²) in [6.07, 6.45) is 2.78. The Bertz CT molecular complexity index is 262. The number of aromatic nitrogens is 3. The minimum atomic E-state index is 0.542. The standard InChI is InChI=1S/C9H17N3OS/c1-8(2)14-9-11-10-7-12(9)5-4-6-13-3/h7-8H,4-6H2,1-3H3. The van der Waals surface area contributed by atoms with Crippen LogP contribution in [0, 0.1) is 0 Å². The monoisotopic (exact) mass is 215 g/mol. The lowest BCUT2D eigenvalue weighted by Crippen LogP contribution is -2.03. The summed E-state index contributed by atoms with van der Waals surface area (Å²) in [6.45, 7) is 6.01. The molecule has 0 saturated carbocycles. The fourth-order valence-corrected chi connectivity index (χ4v) is 1.87. The van der Waals surface area contributed by atoms with E-state index in [0.717, 1.165) is 24.7 Å². The number of ether oxygens (including phenoxy) is 1. The number of thioether (sulfide) groups is 1. The molecule has 1 rings (SSSR count). The van der Waals surface area contributed by atoms with E-state index >= 15 is 0 Å². The van der Waals surface area contributed by atoms with Crippen LogP contribution in [-0.2, 0) is 11.3 Å². The van der Waals surface area contributed by atoms with Gasteiger partial charge in [-0.2, -0.15) is 0 Å². The SMILES string of the molecule is COCCCn1cnnc1SC(C)C. The minimum Gasteiger partial charge on any atom is -0.385 e. The fourth-order valence-electron chi connectivity index (χ4n) is 1.08. The molecule has 0 bridgehead atoms. The first-order valence-electron chi connectivity index (χ1n) is 4.77. The summed E-state index contributed by atoms with van der Waals surface area (Å²) in [5.41, 5.74) is 0. The van der Waals surface area contributed by atoms with Crippen molar-refractivity contribution in [2.24, 2.45) is 0 Å². The molecule has 1 heterocycles. The first-order chi connectivity index (χ1) is 6.74. The highest BCUT2D eigenvalue weighted by atomic mass is 32.2. The molecule has 0 unspecified atom stereocenters. The topological polar surface area (TPSA) is 39.9 Å².